The van der Waals surface area contributed by atoms with Crippen LogP contribution in [-0.2, 0) is 0 Å². The van der Waals surface area contributed by atoms with Gasteiger partial charge in [-0.25, -0.2) is 0 Å². The van der Waals surface area contributed by atoms with Crippen LogP contribution >= 0.6 is 11.6 Å². The third-order valence-electron chi connectivity index (χ3n) is 3.07. The third kappa shape index (κ3) is 3.42. The van der Waals surface area contributed by atoms with Gasteiger partial charge in [0.05, 0.1) is 10.7 Å². The molecular formula is C16H19ClN2. The standard InChI is InChI=1S/C16H19ClN2/c1-2-3-11-19(14-7-5-4-6-8-14)16-10-9-13(18)12-15(16)17/h4-10,12H,2-3,11,18H2,1H3. The van der Waals surface area contributed by atoms with Gasteiger partial charge in [-0.2, -0.15) is 0 Å². The quantitative estimate of drug-likeness (QED) is 0.789. The smallest absolute Gasteiger partial charge is 0.0663 e. The van der Waals surface area contributed by atoms with Crippen molar-refractivity contribution in [2.75, 3.05) is 17.2 Å². The number of anilines is 3. The summed E-state index contributed by atoms with van der Waals surface area (Å²) in [7, 11) is 0. The number of benzene rings is 2. The molecule has 0 aliphatic rings. The second kappa shape index (κ2) is 6.48. The number of nitrogens with zero attached hydrogens (tertiary/aromatic N) is 1. The van der Waals surface area contributed by atoms with Crippen molar-refractivity contribution in [3.63, 3.8) is 0 Å². The highest BCUT2D eigenvalue weighted by molar-refractivity contribution is 6.33. The van der Waals surface area contributed by atoms with Crippen molar-refractivity contribution >= 4 is 28.7 Å². The van der Waals surface area contributed by atoms with Gasteiger partial charge in [-0.1, -0.05) is 43.1 Å². The monoisotopic (exact) mass is 274 g/mol. The number of nitrogens with two attached hydrogens (primary N) is 1. The fraction of sp³-hybridized carbons (Fsp3) is 0.250. The predicted molar refractivity (Wildman–Crippen MR) is 84.2 cm³/mol. The zero-order chi connectivity index (χ0) is 13.7. The van der Waals surface area contributed by atoms with E-state index in [0.29, 0.717) is 10.7 Å². The summed E-state index contributed by atoms with van der Waals surface area (Å²) in [5, 5.41) is 0.694. The van der Waals surface area contributed by atoms with Crippen LogP contribution in [0.15, 0.2) is 48.5 Å². The molecule has 0 fully saturated rings. The summed E-state index contributed by atoms with van der Waals surface area (Å²) < 4.78 is 0. The van der Waals surface area contributed by atoms with Gasteiger partial charge >= 0.3 is 0 Å². The van der Waals surface area contributed by atoms with E-state index in [1.165, 1.54) is 0 Å². The molecule has 2 aromatic rings. The van der Waals surface area contributed by atoms with E-state index in [1.807, 2.05) is 30.3 Å². The molecule has 2 aromatic carbocycles. The molecule has 0 saturated carbocycles. The summed E-state index contributed by atoms with van der Waals surface area (Å²) in [5.41, 5.74) is 8.62. The molecule has 2 nitrogen and oxygen atoms in total. The van der Waals surface area contributed by atoms with Gasteiger partial charge in [0.25, 0.3) is 0 Å². The first-order valence-corrected chi connectivity index (χ1v) is 6.97. The number of unbranched alkanes of at least 4 members (excludes halogenated alkanes) is 1. The largest absolute Gasteiger partial charge is 0.399 e. The highest BCUT2D eigenvalue weighted by Gasteiger charge is 2.12. The van der Waals surface area contributed by atoms with E-state index in [1.54, 1.807) is 6.07 Å². The van der Waals surface area contributed by atoms with Crippen molar-refractivity contribution in [1.29, 1.82) is 0 Å². The van der Waals surface area contributed by atoms with Gasteiger partial charge in [-0.05, 0) is 36.8 Å². The van der Waals surface area contributed by atoms with Crippen LogP contribution < -0.4 is 10.6 Å². The van der Waals surface area contributed by atoms with E-state index < -0.39 is 0 Å². The fourth-order valence-corrected chi connectivity index (χ4v) is 2.35. The summed E-state index contributed by atoms with van der Waals surface area (Å²) in [5.74, 6) is 0. The average Bonchev–Trinajstić information content (AvgIpc) is 2.42. The van der Waals surface area contributed by atoms with Gasteiger partial charge in [0.15, 0.2) is 0 Å². The van der Waals surface area contributed by atoms with E-state index in [4.69, 9.17) is 17.3 Å². The second-order valence-corrected chi connectivity index (χ2v) is 4.96. The minimum atomic E-state index is 0.692. The molecule has 0 amide bonds. The van der Waals surface area contributed by atoms with Crippen LogP contribution in [0.2, 0.25) is 5.02 Å². The summed E-state index contributed by atoms with van der Waals surface area (Å²) in [6, 6.07) is 16.0. The number of rotatable bonds is 5. The van der Waals surface area contributed by atoms with Crippen LogP contribution in [-0.4, -0.2) is 6.54 Å². The molecular weight excluding hydrogens is 256 g/mol. The van der Waals surface area contributed by atoms with Crippen molar-refractivity contribution in [2.24, 2.45) is 0 Å². The van der Waals surface area contributed by atoms with E-state index in [2.05, 4.69) is 24.0 Å². The third-order valence-corrected chi connectivity index (χ3v) is 3.37. The Morgan fingerprint density at radius 2 is 1.84 bits per heavy atom. The highest BCUT2D eigenvalue weighted by Crippen LogP contribution is 2.33. The normalized spacial score (nSPS) is 10.4. The van der Waals surface area contributed by atoms with Crippen molar-refractivity contribution in [3.05, 3.63) is 53.6 Å². The molecule has 2 N–H and O–H groups in total. The first-order chi connectivity index (χ1) is 9.22. The lowest BCUT2D eigenvalue weighted by Crippen LogP contribution is -2.18. The molecule has 0 unspecified atom stereocenters. The summed E-state index contributed by atoms with van der Waals surface area (Å²) >= 11 is 6.33. The lowest BCUT2D eigenvalue weighted by atomic mass is 10.2. The second-order valence-electron chi connectivity index (χ2n) is 4.55. The van der Waals surface area contributed by atoms with Crippen LogP contribution in [0.3, 0.4) is 0 Å². The minimum absolute atomic E-state index is 0.692. The number of para-hydroxylation sites is 1. The molecule has 0 heterocycles. The van der Waals surface area contributed by atoms with E-state index in [9.17, 15) is 0 Å². The number of hydrogen-bond donors (Lipinski definition) is 1. The van der Waals surface area contributed by atoms with E-state index in [0.717, 1.165) is 30.8 Å². The molecule has 3 heteroatoms. The Labute approximate surface area is 119 Å². The van der Waals surface area contributed by atoms with Crippen LogP contribution in [0.25, 0.3) is 0 Å². The molecule has 0 bridgehead atoms. The molecule has 0 aliphatic carbocycles. The molecule has 19 heavy (non-hydrogen) atoms. The zero-order valence-electron chi connectivity index (χ0n) is 11.1. The first-order valence-electron chi connectivity index (χ1n) is 6.60. The Morgan fingerprint density at radius 3 is 2.47 bits per heavy atom. The number of hydrogen-bond acceptors (Lipinski definition) is 2. The Morgan fingerprint density at radius 1 is 1.11 bits per heavy atom. The molecule has 0 saturated heterocycles. The zero-order valence-corrected chi connectivity index (χ0v) is 11.9. The Hall–Kier alpha value is -1.67. The minimum Gasteiger partial charge on any atom is -0.399 e. The topological polar surface area (TPSA) is 29.3 Å². The van der Waals surface area contributed by atoms with Crippen molar-refractivity contribution in [2.45, 2.75) is 19.8 Å². The van der Waals surface area contributed by atoms with Gasteiger partial charge < -0.3 is 10.6 Å². The van der Waals surface area contributed by atoms with Gasteiger partial charge in [-0.15, -0.1) is 0 Å². The maximum Gasteiger partial charge on any atom is 0.0663 e. The summed E-state index contributed by atoms with van der Waals surface area (Å²) in [6.45, 7) is 3.14. The maximum absolute atomic E-state index is 6.33. The van der Waals surface area contributed by atoms with Crippen LogP contribution in [0, 0.1) is 0 Å². The number of nitrogen functional groups attached to an aromatic ring is 1. The molecule has 0 aliphatic heterocycles. The predicted octanol–water partition coefficient (Wildman–Crippen LogP) is 4.86. The van der Waals surface area contributed by atoms with Crippen molar-refractivity contribution in [1.82, 2.24) is 0 Å². The van der Waals surface area contributed by atoms with Crippen LogP contribution in [0.1, 0.15) is 19.8 Å². The molecule has 0 atom stereocenters. The molecule has 2 rings (SSSR count). The molecule has 0 aromatic heterocycles. The van der Waals surface area contributed by atoms with Gasteiger partial charge in [-0.3, -0.25) is 0 Å². The SMILES string of the molecule is CCCCN(c1ccccc1)c1ccc(N)cc1Cl. The van der Waals surface area contributed by atoms with Crippen molar-refractivity contribution < 1.29 is 0 Å². The number of halogens is 1. The van der Waals surface area contributed by atoms with Crippen molar-refractivity contribution in [3.8, 4) is 0 Å². The van der Waals surface area contributed by atoms with Gasteiger partial charge in [0, 0.05) is 17.9 Å². The lowest BCUT2D eigenvalue weighted by molar-refractivity contribution is 0.786. The first kappa shape index (κ1) is 13.8. The Bertz CT molecular complexity index is 526. The summed E-state index contributed by atoms with van der Waals surface area (Å²) in [4.78, 5) is 2.24. The molecule has 0 radical (unpaired) electrons. The van der Waals surface area contributed by atoms with E-state index in [-0.39, 0.29) is 0 Å². The molecule has 100 valence electrons. The fourth-order valence-electron chi connectivity index (χ4n) is 2.05. The Balaban J connectivity index is 2.37. The maximum atomic E-state index is 6.33. The van der Waals surface area contributed by atoms with Gasteiger partial charge in [0.2, 0.25) is 0 Å². The van der Waals surface area contributed by atoms with Gasteiger partial charge in [0.1, 0.15) is 0 Å². The van der Waals surface area contributed by atoms with Crippen LogP contribution in [0.5, 0.6) is 0 Å². The van der Waals surface area contributed by atoms with E-state index >= 15 is 0 Å². The Kier molecular flexibility index (Phi) is 4.69. The van der Waals surface area contributed by atoms with Crippen LogP contribution in [0.4, 0.5) is 17.1 Å². The molecule has 0 spiro atoms. The average molecular weight is 275 g/mol. The lowest BCUT2D eigenvalue weighted by Gasteiger charge is -2.26. The highest BCUT2D eigenvalue weighted by atomic mass is 35.5. The summed E-state index contributed by atoms with van der Waals surface area (Å²) in [6.07, 6.45) is 2.27.